The number of amides is 4. The first-order valence-corrected chi connectivity index (χ1v) is 12.5. The number of carbonyl (C=O) groups is 4. The lowest BCUT2D eigenvalue weighted by atomic mass is 10.2. The first-order valence-electron chi connectivity index (χ1n) is 11.7. The Kier molecular flexibility index (Phi) is 9.04. The molecule has 2 aromatic rings. The van der Waals surface area contributed by atoms with Crippen molar-refractivity contribution in [3.8, 4) is 0 Å². The summed E-state index contributed by atoms with van der Waals surface area (Å²) in [4.78, 5) is 55.4. The number of nitrogens with zero attached hydrogens (tertiary/aromatic N) is 3. The lowest BCUT2D eigenvalue weighted by Crippen LogP contribution is -2.46. The van der Waals surface area contributed by atoms with Gasteiger partial charge in [-0.05, 0) is 63.6 Å². The van der Waals surface area contributed by atoms with Gasteiger partial charge in [0.05, 0.1) is 0 Å². The van der Waals surface area contributed by atoms with Gasteiger partial charge >= 0.3 is 6.09 Å². The van der Waals surface area contributed by atoms with Gasteiger partial charge < -0.3 is 19.9 Å². The number of carbonyl (C=O) groups excluding carboxylic acids is 4. The van der Waals surface area contributed by atoms with Crippen molar-refractivity contribution in [2.75, 3.05) is 37.7 Å². The highest BCUT2D eigenvalue weighted by molar-refractivity contribution is 6.32. The topological polar surface area (TPSA) is 99.3 Å². The van der Waals surface area contributed by atoms with E-state index in [0.717, 1.165) is 5.56 Å². The molecule has 1 aliphatic rings. The van der Waals surface area contributed by atoms with Crippen LogP contribution >= 0.6 is 23.2 Å². The van der Waals surface area contributed by atoms with E-state index in [1.807, 2.05) is 0 Å². The van der Waals surface area contributed by atoms with Crippen molar-refractivity contribution in [3.63, 3.8) is 0 Å². The van der Waals surface area contributed by atoms with Gasteiger partial charge in [0.25, 0.3) is 5.91 Å². The van der Waals surface area contributed by atoms with Crippen molar-refractivity contribution in [2.45, 2.75) is 33.3 Å². The Labute approximate surface area is 226 Å². The molecule has 0 spiro atoms. The molecule has 1 aliphatic heterocycles. The molecule has 0 radical (unpaired) electrons. The molecule has 0 bridgehead atoms. The van der Waals surface area contributed by atoms with Crippen LogP contribution in [0.2, 0.25) is 10.0 Å². The summed E-state index contributed by atoms with van der Waals surface area (Å²) < 4.78 is 5.23. The van der Waals surface area contributed by atoms with E-state index in [1.165, 1.54) is 20.8 Å². The molecular formula is C26H30Cl2N4O5. The number of alkyl carbamates (subject to hydrolysis) is 1. The maximum atomic E-state index is 13.2. The van der Waals surface area contributed by atoms with E-state index in [9.17, 15) is 19.2 Å². The molecule has 4 amide bonds. The smallest absolute Gasteiger partial charge is 0.407 e. The normalized spacial score (nSPS) is 13.5. The standard InChI is InChI=1S/C26H30Cl2N4O5/c1-17-20(28)9-6-10-21(17)32-16-31(15-23(32)34)22(33)14-30(12-11-29-25(36)37-26(2,3)4)24(35)18-7-5-8-19(27)13-18/h5-10,13H,11-12,14-16H2,1-4H3,(H,29,36). The van der Waals surface area contributed by atoms with Crippen LogP contribution in [0, 0.1) is 6.92 Å². The highest BCUT2D eigenvalue weighted by Gasteiger charge is 2.34. The van der Waals surface area contributed by atoms with Gasteiger partial charge in [-0.3, -0.25) is 19.3 Å². The van der Waals surface area contributed by atoms with Crippen LogP contribution in [-0.4, -0.2) is 72.1 Å². The van der Waals surface area contributed by atoms with E-state index in [1.54, 1.807) is 64.1 Å². The minimum atomic E-state index is -0.675. The molecule has 37 heavy (non-hydrogen) atoms. The first-order chi connectivity index (χ1) is 17.4. The quantitative estimate of drug-likeness (QED) is 0.561. The van der Waals surface area contributed by atoms with E-state index in [4.69, 9.17) is 27.9 Å². The molecule has 3 rings (SSSR count). The Balaban J connectivity index is 1.72. The van der Waals surface area contributed by atoms with Crippen LogP contribution in [0.1, 0.15) is 36.7 Å². The minimum Gasteiger partial charge on any atom is -0.444 e. The zero-order valence-corrected chi connectivity index (χ0v) is 22.7. The molecule has 0 atom stereocenters. The third kappa shape index (κ3) is 7.60. The molecule has 9 nitrogen and oxygen atoms in total. The molecular weight excluding hydrogens is 519 g/mol. The fraction of sp³-hybridized carbons (Fsp3) is 0.385. The summed E-state index contributed by atoms with van der Waals surface area (Å²) in [7, 11) is 0. The SMILES string of the molecule is Cc1c(Cl)cccc1N1CN(C(=O)CN(CCNC(=O)OC(C)(C)C)C(=O)c2cccc(Cl)c2)CC1=O. The fourth-order valence-corrected chi connectivity index (χ4v) is 4.10. The van der Waals surface area contributed by atoms with Crippen LogP contribution in [0.15, 0.2) is 42.5 Å². The molecule has 1 heterocycles. The van der Waals surface area contributed by atoms with E-state index < -0.39 is 23.5 Å². The van der Waals surface area contributed by atoms with Crippen LogP contribution in [0.4, 0.5) is 10.5 Å². The summed E-state index contributed by atoms with van der Waals surface area (Å²) in [5.41, 5.74) is 0.983. The molecule has 1 saturated heterocycles. The van der Waals surface area contributed by atoms with Crippen molar-refractivity contribution in [2.24, 2.45) is 0 Å². The van der Waals surface area contributed by atoms with Gasteiger partial charge in [-0.2, -0.15) is 0 Å². The molecule has 0 aromatic heterocycles. The molecule has 0 aliphatic carbocycles. The summed E-state index contributed by atoms with van der Waals surface area (Å²) in [6, 6.07) is 11.6. The van der Waals surface area contributed by atoms with Crippen molar-refractivity contribution < 1.29 is 23.9 Å². The number of ether oxygens (including phenoxy) is 1. The summed E-state index contributed by atoms with van der Waals surface area (Å²) in [6.45, 7) is 6.74. The number of benzene rings is 2. The van der Waals surface area contributed by atoms with Gasteiger partial charge in [-0.15, -0.1) is 0 Å². The van der Waals surface area contributed by atoms with Crippen LogP contribution < -0.4 is 10.2 Å². The van der Waals surface area contributed by atoms with E-state index >= 15 is 0 Å². The Bertz CT molecular complexity index is 1200. The van der Waals surface area contributed by atoms with E-state index in [2.05, 4.69) is 5.32 Å². The van der Waals surface area contributed by atoms with Crippen LogP contribution in [0.5, 0.6) is 0 Å². The second-order valence-corrected chi connectivity index (χ2v) is 10.4. The molecule has 198 valence electrons. The summed E-state index contributed by atoms with van der Waals surface area (Å²) in [6.07, 6.45) is -0.633. The van der Waals surface area contributed by atoms with Crippen LogP contribution in [0.3, 0.4) is 0 Å². The maximum absolute atomic E-state index is 13.2. The molecule has 0 unspecified atom stereocenters. The average molecular weight is 549 g/mol. The largest absolute Gasteiger partial charge is 0.444 e. The van der Waals surface area contributed by atoms with Crippen LogP contribution in [-0.2, 0) is 14.3 Å². The van der Waals surface area contributed by atoms with Gasteiger partial charge in [0, 0.05) is 34.4 Å². The maximum Gasteiger partial charge on any atom is 0.407 e. The van der Waals surface area contributed by atoms with Crippen LogP contribution in [0.25, 0.3) is 0 Å². The van der Waals surface area contributed by atoms with Crippen molar-refractivity contribution in [1.82, 2.24) is 15.1 Å². The van der Waals surface area contributed by atoms with E-state index in [0.29, 0.717) is 21.3 Å². The highest BCUT2D eigenvalue weighted by Crippen LogP contribution is 2.28. The third-order valence-corrected chi connectivity index (χ3v) is 6.20. The lowest BCUT2D eigenvalue weighted by Gasteiger charge is -2.26. The Hall–Kier alpha value is -3.30. The molecule has 0 saturated carbocycles. The third-order valence-electron chi connectivity index (χ3n) is 5.56. The van der Waals surface area contributed by atoms with Crippen molar-refractivity contribution in [3.05, 3.63) is 63.6 Å². The Morgan fingerprint density at radius 3 is 2.49 bits per heavy atom. The fourth-order valence-electron chi connectivity index (χ4n) is 3.74. The average Bonchev–Trinajstić information content (AvgIpc) is 3.20. The predicted octanol–water partition coefficient (Wildman–Crippen LogP) is 4.10. The lowest BCUT2D eigenvalue weighted by molar-refractivity contribution is -0.132. The van der Waals surface area contributed by atoms with Gasteiger partial charge in [0.1, 0.15) is 25.4 Å². The number of hydrogen-bond donors (Lipinski definition) is 1. The molecule has 2 aromatic carbocycles. The minimum absolute atomic E-state index is 0.0359. The van der Waals surface area contributed by atoms with Gasteiger partial charge in [-0.25, -0.2) is 4.79 Å². The number of hydrogen-bond acceptors (Lipinski definition) is 5. The first kappa shape index (κ1) is 28.3. The second-order valence-electron chi connectivity index (χ2n) is 9.60. The number of halogens is 2. The van der Waals surface area contributed by atoms with Gasteiger partial charge in [0.2, 0.25) is 11.8 Å². The van der Waals surface area contributed by atoms with Gasteiger partial charge in [-0.1, -0.05) is 35.3 Å². The summed E-state index contributed by atoms with van der Waals surface area (Å²) in [5, 5.41) is 3.49. The monoisotopic (exact) mass is 548 g/mol. The van der Waals surface area contributed by atoms with Gasteiger partial charge in [0.15, 0.2) is 0 Å². The van der Waals surface area contributed by atoms with Crippen molar-refractivity contribution >= 4 is 52.7 Å². The molecule has 11 heteroatoms. The van der Waals surface area contributed by atoms with E-state index in [-0.39, 0.29) is 38.8 Å². The predicted molar refractivity (Wildman–Crippen MR) is 142 cm³/mol. The molecule has 1 fully saturated rings. The molecule has 1 N–H and O–H groups in total. The second kappa shape index (κ2) is 11.8. The number of rotatable bonds is 7. The zero-order valence-electron chi connectivity index (χ0n) is 21.2. The number of nitrogens with one attached hydrogen (secondary N) is 1. The van der Waals surface area contributed by atoms with Crippen molar-refractivity contribution in [1.29, 1.82) is 0 Å². The highest BCUT2D eigenvalue weighted by atomic mass is 35.5. The Morgan fingerprint density at radius 1 is 1.11 bits per heavy atom. The summed E-state index contributed by atoms with van der Waals surface area (Å²) in [5.74, 6) is -1.10. The summed E-state index contributed by atoms with van der Waals surface area (Å²) >= 11 is 12.3. The Morgan fingerprint density at radius 2 is 1.81 bits per heavy atom. The zero-order chi connectivity index (χ0) is 27.3. The number of anilines is 1.